The number of aliphatic carboxylic acids is 1. The first-order valence-electron chi connectivity index (χ1n) is 18.0. The summed E-state index contributed by atoms with van der Waals surface area (Å²) in [5.74, 6) is -3.03. The molecule has 0 aliphatic heterocycles. The van der Waals surface area contributed by atoms with Gasteiger partial charge in [0.25, 0.3) is 0 Å². The number of anilines is 1. The van der Waals surface area contributed by atoms with E-state index in [2.05, 4.69) is 52.7 Å². The van der Waals surface area contributed by atoms with E-state index in [1.54, 1.807) is 24.3 Å². The number of carboxylic acids is 1. The van der Waals surface area contributed by atoms with Gasteiger partial charge >= 0.3 is 12.0 Å². The third kappa shape index (κ3) is 20.9. The zero-order chi connectivity index (χ0) is 38.8. The van der Waals surface area contributed by atoms with Crippen molar-refractivity contribution in [1.29, 1.82) is 0 Å². The number of primary amides is 1. The van der Waals surface area contributed by atoms with Gasteiger partial charge in [0.15, 0.2) is 0 Å². The van der Waals surface area contributed by atoms with Crippen LogP contribution in [0.1, 0.15) is 112 Å². The Morgan fingerprint density at radius 3 is 1.92 bits per heavy atom. The van der Waals surface area contributed by atoms with E-state index in [0.29, 0.717) is 37.1 Å². The topological polar surface area (TPSA) is 221 Å². The number of unbranched alkanes of at least 4 members (excludes halogenated alkanes) is 2. The molecule has 9 N–H and O–H groups in total. The average molecular weight is 718 g/mol. The maximum atomic E-state index is 13.4. The van der Waals surface area contributed by atoms with Crippen molar-refractivity contribution in [2.24, 2.45) is 17.1 Å². The maximum absolute atomic E-state index is 13.4. The van der Waals surface area contributed by atoms with Crippen molar-refractivity contribution in [3.8, 4) is 0 Å². The first-order chi connectivity index (χ1) is 23.7. The predicted molar refractivity (Wildman–Crippen MR) is 199 cm³/mol. The summed E-state index contributed by atoms with van der Waals surface area (Å²) in [4.78, 5) is 75.0. The van der Waals surface area contributed by atoms with E-state index in [1.165, 1.54) is 0 Å². The largest absolute Gasteiger partial charge is 0.480 e. The summed E-state index contributed by atoms with van der Waals surface area (Å²) in [5.41, 5.74) is 6.26. The van der Waals surface area contributed by atoms with Crippen LogP contribution in [-0.2, 0) is 30.4 Å². The van der Waals surface area contributed by atoms with Crippen molar-refractivity contribution >= 4 is 41.3 Å². The number of urea groups is 1. The summed E-state index contributed by atoms with van der Waals surface area (Å²) < 4.78 is 0. The lowest BCUT2D eigenvalue weighted by Gasteiger charge is -2.25. The second kappa shape index (κ2) is 21.9. The first-order valence-corrected chi connectivity index (χ1v) is 18.0. The van der Waals surface area contributed by atoms with Crippen molar-refractivity contribution < 1.29 is 33.9 Å². The molecule has 0 aliphatic rings. The van der Waals surface area contributed by atoms with Crippen LogP contribution in [-0.4, -0.2) is 77.5 Å². The van der Waals surface area contributed by atoms with Crippen LogP contribution in [0.4, 0.5) is 10.5 Å². The normalized spacial score (nSPS) is 13.4. The van der Waals surface area contributed by atoms with Gasteiger partial charge in [-0.25, -0.2) is 9.59 Å². The molecule has 1 aromatic carbocycles. The van der Waals surface area contributed by atoms with Crippen LogP contribution < -0.4 is 37.6 Å². The van der Waals surface area contributed by atoms with Gasteiger partial charge in [-0.05, 0) is 75.5 Å². The van der Waals surface area contributed by atoms with Crippen LogP contribution in [0.5, 0.6) is 0 Å². The summed E-state index contributed by atoms with van der Waals surface area (Å²) in [6, 6.07) is 2.81. The number of nitrogens with two attached hydrogens (primary N) is 1. The fourth-order valence-corrected chi connectivity index (χ4v) is 5.15. The Kier molecular flexibility index (Phi) is 19.2. The number of hydrogen-bond acceptors (Lipinski definition) is 7. The first kappa shape index (κ1) is 44.8. The van der Waals surface area contributed by atoms with Crippen molar-refractivity contribution in [2.45, 2.75) is 137 Å². The molecular weight excluding hydrogens is 654 g/mol. The highest BCUT2D eigenvalue weighted by atomic mass is 16.4. The minimum absolute atomic E-state index is 0.0345. The van der Waals surface area contributed by atoms with Gasteiger partial charge in [-0.2, -0.15) is 0 Å². The molecule has 1 rings (SSSR count). The highest BCUT2D eigenvalue weighted by Gasteiger charge is 2.29. The molecule has 0 unspecified atom stereocenters. The Morgan fingerprint density at radius 1 is 0.745 bits per heavy atom. The second-order valence-corrected chi connectivity index (χ2v) is 15.7. The van der Waals surface area contributed by atoms with E-state index in [0.717, 1.165) is 19.3 Å². The molecule has 3 atom stereocenters. The number of carboxylic acid groups (broad SMARTS) is 1. The Bertz CT molecular complexity index is 1290. The van der Waals surface area contributed by atoms with Gasteiger partial charge in [0.05, 0.1) is 0 Å². The van der Waals surface area contributed by atoms with Crippen LogP contribution in [0.15, 0.2) is 24.3 Å². The molecule has 6 amide bonds. The molecule has 0 saturated heterocycles. The highest BCUT2D eigenvalue weighted by Crippen LogP contribution is 2.22. The summed E-state index contributed by atoms with van der Waals surface area (Å²) in [6.07, 6.45) is 4.69. The van der Waals surface area contributed by atoms with Gasteiger partial charge in [-0.3, -0.25) is 19.2 Å². The quantitative estimate of drug-likeness (QED) is 0.0827. The van der Waals surface area contributed by atoms with Crippen molar-refractivity contribution in [3.05, 3.63) is 29.8 Å². The lowest BCUT2D eigenvalue weighted by Crippen LogP contribution is -2.54. The third-order valence-corrected chi connectivity index (χ3v) is 8.00. The van der Waals surface area contributed by atoms with Crippen molar-refractivity contribution in [1.82, 2.24) is 26.6 Å². The lowest BCUT2D eigenvalue weighted by molar-refractivity contribution is -0.141. The fraction of sp³-hybridized carbons (Fsp3) is 0.676. The molecule has 14 heteroatoms. The van der Waals surface area contributed by atoms with Gasteiger partial charge in [0, 0.05) is 43.6 Å². The molecule has 288 valence electrons. The highest BCUT2D eigenvalue weighted by molar-refractivity contribution is 5.98. The predicted octanol–water partition coefficient (Wildman–Crippen LogP) is 3.59. The Morgan fingerprint density at radius 2 is 1.37 bits per heavy atom. The third-order valence-electron chi connectivity index (χ3n) is 8.00. The lowest BCUT2D eigenvalue weighted by atomic mass is 9.89. The molecule has 0 heterocycles. The zero-order valence-electron chi connectivity index (χ0n) is 31.9. The summed E-state index contributed by atoms with van der Waals surface area (Å²) in [7, 11) is 0. The molecule has 0 aliphatic carbocycles. The van der Waals surface area contributed by atoms with Crippen LogP contribution in [0.2, 0.25) is 0 Å². The van der Waals surface area contributed by atoms with Crippen LogP contribution in [0, 0.1) is 11.3 Å². The minimum atomic E-state index is -1.17. The molecule has 0 aromatic heterocycles. The van der Waals surface area contributed by atoms with Gasteiger partial charge < -0.3 is 42.7 Å². The van der Waals surface area contributed by atoms with Crippen molar-refractivity contribution in [2.75, 3.05) is 18.4 Å². The van der Waals surface area contributed by atoms with E-state index < -0.39 is 41.9 Å². The number of rotatable bonds is 22. The number of nitrogens with one attached hydrogen (secondary N) is 6. The van der Waals surface area contributed by atoms with Gasteiger partial charge in [-0.1, -0.05) is 59.6 Å². The molecule has 1 aromatic rings. The molecule has 14 nitrogen and oxygen atoms in total. The zero-order valence-corrected chi connectivity index (χ0v) is 31.9. The number of amides is 6. The number of hydrogen-bond donors (Lipinski definition) is 8. The molecule has 0 spiro atoms. The van der Waals surface area contributed by atoms with Crippen LogP contribution in [0.3, 0.4) is 0 Å². The molecule has 0 saturated carbocycles. The monoisotopic (exact) mass is 717 g/mol. The SMILES string of the molecule is CC(C)[C@H](NC(=O)CCCCCC(C)(C)C)C(=O)N[C@@H](CCCNC(N)=O)C(=O)Nc1ccc(C[C@H](NC(=O)CCNC(C)(C)C)C(=O)O)cc1. The Labute approximate surface area is 303 Å². The van der Waals surface area contributed by atoms with Crippen LogP contribution in [0.25, 0.3) is 0 Å². The number of carbonyl (C=O) groups is 6. The van der Waals surface area contributed by atoms with E-state index in [-0.39, 0.29) is 54.5 Å². The summed E-state index contributed by atoms with van der Waals surface area (Å²) in [6.45, 7) is 16.7. The Balaban J connectivity index is 2.90. The Hall–Kier alpha value is -4.20. The standard InChI is InChI=1S/C37H63N7O7/c1-24(2)31(44-29(45)14-10-9-11-20-36(3,4)5)33(48)43-27(13-12-21-39-35(38)51)32(47)41-26-17-15-25(16-18-26)23-28(34(49)50)42-30(46)19-22-40-37(6,7)8/h15-18,24,27-28,31,40H,9-14,19-23H2,1-8H3,(H,41,47)(H,42,46)(H,43,48)(H,44,45)(H,49,50)(H3,38,39,51)/t27-,28-,31-/m0/s1. The van der Waals surface area contributed by atoms with E-state index >= 15 is 0 Å². The molecule has 0 radical (unpaired) electrons. The van der Waals surface area contributed by atoms with Crippen molar-refractivity contribution in [3.63, 3.8) is 0 Å². The smallest absolute Gasteiger partial charge is 0.326 e. The number of benzene rings is 1. The van der Waals surface area contributed by atoms with Gasteiger partial charge in [0.2, 0.25) is 23.6 Å². The van der Waals surface area contributed by atoms with E-state index in [9.17, 15) is 33.9 Å². The second-order valence-electron chi connectivity index (χ2n) is 15.7. The molecule has 0 fully saturated rings. The van der Waals surface area contributed by atoms with Gasteiger partial charge in [0.1, 0.15) is 18.1 Å². The van der Waals surface area contributed by atoms with E-state index in [4.69, 9.17) is 5.73 Å². The van der Waals surface area contributed by atoms with E-state index in [1.807, 2.05) is 34.6 Å². The summed E-state index contributed by atoms with van der Waals surface area (Å²) >= 11 is 0. The summed E-state index contributed by atoms with van der Waals surface area (Å²) in [5, 5.41) is 26.3. The molecular formula is C37H63N7O7. The maximum Gasteiger partial charge on any atom is 0.326 e. The fourth-order valence-electron chi connectivity index (χ4n) is 5.15. The molecule has 51 heavy (non-hydrogen) atoms. The average Bonchev–Trinajstić information content (AvgIpc) is 3.00. The van der Waals surface area contributed by atoms with Gasteiger partial charge in [-0.15, -0.1) is 0 Å². The minimum Gasteiger partial charge on any atom is -0.480 e. The van der Waals surface area contributed by atoms with Crippen LogP contribution >= 0.6 is 0 Å². The number of carbonyl (C=O) groups excluding carboxylic acids is 5. The molecule has 0 bridgehead atoms.